The Bertz CT molecular complexity index is 1020. The number of hydrogen-bond acceptors (Lipinski definition) is 6. The van der Waals surface area contributed by atoms with Gasteiger partial charge < -0.3 is 24.0 Å². The minimum Gasteiger partial charge on any atom is -0.495 e. The second-order valence-corrected chi connectivity index (χ2v) is 7.23. The summed E-state index contributed by atoms with van der Waals surface area (Å²) in [6, 6.07) is 13.9. The molecule has 6 nitrogen and oxygen atoms in total. The van der Waals surface area contributed by atoms with Crippen molar-refractivity contribution in [1.82, 2.24) is 4.98 Å². The highest BCUT2D eigenvalue weighted by Crippen LogP contribution is 2.37. The topological polar surface area (TPSA) is 47.1 Å². The van der Waals surface area contributed by atoms with Crippen molar-refractivity contribution in [2.75, 3.05) is 57.3 Å². The summed E-state index contributed by atoms with van der Waals surface area (Å²) >= 11 is 6.34. The standard InChI is InChI=1S/C22H24ClN3O3/c1-27-18-7-5-4-6-17(18)25-8-10-26(11-9-25)22-16-14-20(29-3)19(28-2)12-15(16)13-21(23)24-22/h4-7,12-14H,8-11H2,1-3H3. The van der Waals surface area contributed by atoms with Crippen LogP contribution in [0.15, 0.2) is 42.5 Å². The number of halogens is 1. The lowest BCUT2D eigenvalue weighted by molar-refractivity contribution is 0.356. The molecule has 29 heavy (non-hydrogen) atoms. The number of piperazine rings is 1. The SMILES string of the molecule is COc1cc2cc(Cl)nc(N3CCN(c4ccccc4OC)CC3)c2cc1OC. The molecular weight excluding hydrogens is 390 g/mol. The van der Waals surface area contributed by atoms with Crippen LogP contribution in [0.4, 0.5) is 11.5 Å². The van der Waals surface area contributed by atoms with Crippen LogP contribution in [0.25, 0.3) is 10.8 Å². The van der Waals surface area contributed by atoms with Gasteiger partial charge in [0.05, 0.1) is 27.0 Å². The van der Waals surface area contributed by atoms with Crippen molar-refractivity contribution in [2.24, 2.45) is 0 Å². The van der Waals surface area contributed by atoms with E-state index in [1.807, 2.05) is 36.4 Å². The maximum absolute atomic E-state index is 6.34. The fourth-order valence-corrected chi connectivity index (χ4v) is 4.02. The minimum atomic E-state index is 0.465. The van der Waals surface area contributed by atoms with E-state index in [0.29, 0.717) is 16.7 Å². The Kier molecular flexibility index (Phi) is 5.53. The minimum absolute atomic E-state index is 0.465. The van der Waals surface area contributed by atoms with E-state index in [9.17, 15) is 0 Å². The van der Waals surface area contributed by atoms with E-state index in [1.165, 1.54) is 0 Å². The van der Waals surface area contributed by atoms with Crippen molar-refractivity contribution in [2.45, 2.75) is 0 Å². The number of ether oxygens (including phenoxy) is 3. The summed E-state index contributed by atoms with van der Waals surface area (Å²) in [6.07, 6.45) is 0. The molecule has 0 unspecified atom stereocenters. The summed E-state index contributed by atoms with van der Waals surface area (Å²) in [6.45, 7) is 3.39. The molecule has 2 aromatic carbocycles. The van der Waals surface area contributed by atoms with Crippen molar-refractivity contribution < 1.29 is 14.2 Å². The Labute approximate surface area is 175 Å². The summed E-state index contributed by atoms with van der Waals surface area (Å²) in [5, 5.41) is 2.44. The van der Waals surface area contributed by atoms with E-state index in [-0.39, 0.29) is 0 Å². The zero-order valence-electron chi connectivity index (χ0n) is 16.8. The molecule has 0 amide bonds. The number of hydrogen-bond donors (Lipinski definition) is 0. The molecule has 1 aliphatic heterocycles. The molecule has 152 valence electrons. The Morgan fingerprint density at radius 2 is 1.41 bits per heavy atom. The van der Waals surface area contributed by atoms with E-state index in [1.54, 1.807) is 21.3 Å². The van der Waals surface area contributed by atoms with Gasteiger partial charge in [0.15, 0.2) is 11.5 Å². The normalized spacial score (nSPS) is 14.2. The van der Waals surface area contributed by atoms with Gasteiger partial charge in [0, 0.05) is 31.6 Å². The van der Waals surface area contributed by atoms with Crippen LogP contribution in [-0.4, -0.2) is 52.5 Å². The van der Waals surface area contributed by atoms with E-state index in [4.69, 9.17) is 25.8 Å². The van der Waals surface area contributed by atoms with Gasteiger partial charge in [-0.1, -0.05) is 23.7 Å². The van der Waals surface area contributed by atoms with Crippen LogP contribution in [0.2, 0.25) is 5.15 Å². The molecule has 0 spiro atoms. The molecule has 2 heterocycles. The van der Waals surface area contributed by atoms with Crippen LogP contribution in [0.3, 0.4) is 0 Å². The van der Waals surface area contributed by atoms with E-state index < -0.39 is 0 Å². The van der Waals surface area contributed by atoms with E-state index in [2.05, 4.69) is 20.9 Å². The highest BCUT2D eigenvalue weighted by molar-refractivity contribution is 6.30. The Balaban J connectivity index is 1.64. The smallest absolute Gasteiger partial charge is 0.161 e. The fourth-order valence-electron chi connectivity index (χ4n) is 3.82. The molecule has 0 saturated carbocycles. The molecule has 0 N–H and O–H groups in total. The fraction of sp³-hybridized carbons (Fsp3) is 0.318. The summed E-state index contributed by atoms with van der Waals surface area (Å²) in [7, 11) is 4.97. The van der Waals surface area contributed by atoms with Crippen molar-refractivity contribution >= 4 is 33.9 Å². The lowest BCUT2D eigenvalue weighted by Crippen LogP contribution is -2.47. The van der Waals surface area contributed by atoms with Crippen molar-refractivity contribution in [3.8, 4) is 17.2 Å². The lowest BCUT2D eigenvalue weighted by atomic mass is 10.1. The zero-order valence-corrected chi connectivity index (χ0v) is 17.6. The largest absolute Gasteiger partial charge is 0.495 e. The molecule has 0 atom stereocenters. The molecule has 0 radical (unpaired) electrons. The number of anilines is 2. The molecular formula is C22H24ClN3O3. The number of fused-ring (bicyclic) bond motifs is 1. The highest BCUT2D eigenvalue weighted by atomic mass is 35.5. The molecule has 1 aromatic heterocycles. The van der Waals surface area contributed by atoms with Crippen molar-refractivity contribution in [3.63, 3.8) is 0 Å². The first-order valence-corrected chi connectivity index (χ1v) is 9.87. The average molecular weight is 414 g/mol. The van der Waals surface area contributed by atoms with Crippen LogP contribution in [0, 0.1) is 0 Å². The van der Waals surface area contributed by atoms with Crippen LogP contribution in [0.5, 0.6) is 17.2 Å². The van der Waals surface area contributed by atoms with Gasteiger partial charge in [-0.2, -0.15) is 0 Å². The Morgan fingerprint density at radius 3 is 2.10 bits per heavy atom. The van der Waals surface area contributed by atoms with Gasteiger partial charge in [-0.15, -0.1) is 0 Å². The molecule has 1 saturated heterocycles. The van der Waals surface area contributed by atoms with E-state index in [0.717, 1.165) is 54.2 Å². The van der Waals surface area contributed by atoms with Gasteiger partial charge in [0.1, 0.15) is 16.7 Å². The number of aromatic nitrogens is 1. The molecule has 1 fully saturated rings. The maximum Gasteiger partial charge on any atom is 0.161 e. The molecule has 0 bridgehead atoms. The third-order valence-electron chi connectivity index (χ3n) is 5.29. The number of methoxy groups -OCH3 is 3. The van der Waals surface area contributed by atoms with Gasteiger partial charge in [0.2, 0.25) is 0 Å². The quantitative estimate of drug-likeness (QED) is 0.583. The Hall–Kier alpha value is -2.86. The maximum atomic E-state index is 6.34. The number of nitrogens with zero attached hydrogens (tertiary/aromatic N) is 3. The average Bonchev–Trinajstić information content (AvgIpc) is 2.77. The third-order valence-corrected chi connectivity index (χ3v) is 5.48. The summed E-state index contributed by atoms with van der Waals surface area (Å²) < 4.78 is 16.4. The zero-order chi connectivity index (χ0) is 20.4. The van der Waals surface area contributed by atoms with E-state index >= 15 is 0 Å². The molecule has 1 aliphatic rings. The predicted octanol–water partition coefficient (Wildman–Crippen LogP) is 4.24. The van der Waals surface area contributed by atoms with Crippen LogP contribution < -0.4 is 24.0 Å². The summed E-state index contributed by atoms with van der Waals surface area (Å²) in [4.78, 5) is 9.25. The number of pyridine rings is 1. The van der Waals surface area contributed by atoms with Gasteiger partial charge in [0.25, 0.3) is 0 Å². The molecule has 3 aromatic rings. The third kappa shape index (κ3) is 3.72. The molecule has 0 aliphatic carbocycles. The summed E-state index contributed by atoms with van der Waals surface area (Å²) in [5.74, 6) is 3.12. The van der Waals surface area contributed by atoms with Gasteiger partial charge in [-0.05, 0) is 35.7 Å². The van der Waals surface area contributed by atoms with Crippen molar-refractivity contribution in [1.29, 1.82) is 0 Å². The first-order chi connectivity index (χ1) is 14.1. The van der Waals surface area contributed by atoms with Gasteiger partial charge in [-0.3, -0.25) is 0 Å². The lowest BCUT2D eigenvalue weighted by Gasteiger charge is -2.37. The van der Waals surface area contributed by atoms with Gasteiger partial charge in [-0.25, -0.2) is 4.98 Å². The molecule has 7 heteroatoms. The first-order valence-electron chi connectivity index (χ1n) is 9.49. The number of benzene rings is 2. The van der Waals surface area contributed by atoms with Gasteiger partial charge >= 0.3 is 0 Å². The van der Waals surface area contributed by atoms with Crippen LogP contribution in [0.1, 0.15) is 0 Å². The second kappa shape index (κ2) is 8.25. The highest BCUT2D eigenvalue weighted by Gasteiger charge is 2.23. The Morgan fingerprint density at radius 1 is 0.793 bits per heavy atom. The van der Waals surface area contributed by atoms with Crippen molar-refractivity contribution in [3.05, 3.63) is 47.6 Å². The number of para-hydroxylation sites is 2. The predicted molar refractivity (Wildman–Crippen MR) is 117 cm³/mol. The van der Waals surface area contributed by atoms with Crippen LogP contribution >= 0.6 is 11.6 Å². The summed E-state index contributed by atoms with van der Waals surface area (Å²) in [5.41, 5.74) is 1.12. The monoisotopic (exact) mass is 413 g/mol. The number of rotatable bonds is 5. The second-order valence-electron chi connectivity index (χ2n) is 6.84. The first kappa shape index (κ1) is 19.5. The molecule has 4 rings (SSSR count). The van der Waals surface area contributed by atoms with Crippen LogP contribution in [-0.2, 0) is 0 Å².